The molecule has 1 aromatic rings. The lowest BCUT2D eigenvalue weighted by molar-refractivity contribution is 0.576. The molecule has 0 bridgehead atoms. The van der Waals surface area contributed by atoms with Crippen LogP contribution in [0.25, 0.3) is 0 Å². The summed E-state index contributed by atoms with van der Waals surface area (Å²) >= 11 is 5.80. The van der Waals surface area contributed by atoms with Crippen molar-refractivity contribution in [3.8, 4) is 0 Å². The standard InChI is InChI=1S/C13H16ClFN2O2S/c14-12-2-1-11(15)9-13(12)20(18,19)17-8-5-10-3-6-16-7-4-10/h1-3,9,16-17H,4-8H2. The monoisotopic (exact) mass is 318 g/mol. The predicted molar refractivity (Wildman–Crippen MR) is 76.8 cm³/mol. The van der Waals surface area contributed by atoms with Crippen LogP contribution in [0.15, 0.2) is 34.7 Å². The summed E-state index contributed by atoms with van der Waals surface area (Å²) in [5.41, 5.74) is 1.22. The predicted octanol–water partition coefficient (Wildman–Crippen LogP) is 2.07. The second kappa shape index (κ2) is 6.67. The average Bonchev–Trinajstić information content (AvgIpc) is 2.42. The van der Waals surface area contributed by atoms with Crippen molar-refractivity contribution >= 4 is 21.6 Å². The number of sulfonamides is 1. The molecule has 2 rings (SSSR count). The third-order valence-corrected chi connectivity index (χ3v) is 5.02. The van der Waals surface area contributed by atoms with Gasteiger partial charge in [-0.15, -0.1) is 0 Å². The van der Waals surface area contributed by atoms with E-state index in [2.05, 4.69) is 16.1 Å². The summed E-state index contributed by atoms with van der Waals surface area (Å²) in [5, 5.41) is 3.20. The quantitative estimate of drug-likeness (QED) is 0.817. The van der Waals surface area contributed by atoms with E-state index in [-0.39, 0.29) is 16.5 Å². The van der Waals surface area contributed by atoms with E-state index in [4.69, 9.17) is 11.6 Å². The highest BCUT2D eigenvalue weighted by molar-refractivity contribution is 7.89. The van der Waals surface area contributed by atoms with Crippen LogP contribution in [0, 0.1) is 5.82 Å². The second-order valence-electron chi connectivity index (χ2n) is 4.54. The average molecular weight is 319 g/mol. The molecule has 0 unspecified atom stereocenters. The molecule has 1 aliphatic rings. The molecule has 0 radical (unpaired) electrons. The van der Waals surface area contributed by atoms with Gasteiger partial charge >= 0.3 is 0 Å². The van der Waals surface area contributed by atoms with E-state index in [0.717, 1.165) is 31.6 Å². The molecular weight excluding hydrogens is 303 g/mol. The highest BCUT2D eigenvalue weighted by Gasteiger charge is 2.18. The van der Waals surface area contributed by atoms with Gasteiger partial charge in [0.15, 0.2) is 0 Å². The SMILES string of the molecule is O=S(=O)(NCCC1=CCNCC1)c1cc(F)ccc1Cl. The van der Waals surface area contributed by atoms with Crippen LogP contribution in [0.5, 0.6) is 0 Å². The maximum Gasteiger partial charge on any atom is 0.242 e. The largest absolute Gasteiger partial charge is 0.313 e. The third-order valence-electron chi connectivity index (χ3n) is 3.08. The smallest absolute Gasteiger partial charge is 0.242 e. The Kier molecular flexibility index (Phi) is 5.15. The van der Waals surface area contributed by atoms with E-state index in [1.165, 1.54) is 11.6 Å². The lowest BCUT2D eigenvalue weighted by Gasteiger charge is -2.14. The Morgan fingerprint density at radius 1 is 1.40 bits per heavy atom. The Morgan fingerprint density at radius 2 is 2.20 bits per heavy atom. The maximum atomic E-state index is 13.1. The van der Waals surface area contributed by atoms with Gasteiger partial charge in [0.1, 0.15) is 10.7 Å². The van der Waals surface area contributed by atoms with Gasteiger partial charge in [0.25, 0.3) is 0 Å². The van der Waals surface area contributed by atoms with E-state index >= 15 is 0 Å². The lowest BCUT2D eigenvalue weighted by Crippen LogP contribution is -2.27. The molecule has 1 aromatic carbocycles. The normalized spacial score (nSPS) is 16.0. The molecule has 0 saturated carbocycles. The van der Waals surface area contributed by atoms with Crippen LogP contribution in [-0.2, 0) is 10.0 Å². The van der Waals surface area contributed by atoms with Crippen molar-refractivity contribution in [2.45, 2.75) is 17.7 Å². The first-order valence-corrected chi connectivity index (χ1v) is 8.18. The van der Waals surface area contributed by atoms with Crippen molar-refractivity contribution in [2.75, 3.05) is 19.6 Å². The molecule has 0 spiro atoms. The molecule has 4 nitrogen and oxygen atoms in total. The van der Waals surface area contributed by atoms with Crippen LogP contribution in [0.2, 0.25) is 5.02 Å². The minimum absolute atomic E-state index is 0.0139. The number of hydrogen-bond donors (Lipinski definition) is 2. The summed E-state index contributed by atoms with van der Waals surface area (Å²) in [6.07, 6.45) is 3.63. The molecule has 1 heterocycles. The van der Waals surface area contributed by atoms with Crippen molar-refractivity contribution in [1.82, 2.24) is 10.0 Å². The topological polar surface area (TPSA) is 58.2 Å². The summed E-state index contributed by atoms with van der Waals surface area (Å²) in [6, 6.07) is 3.29. The molecule has 0 fully saturated rings. The Labute approximate surface area is 123 Å². The number of nitrogens with one attached hydrogen (secondary N) is 2. The minimum Gasteiger partial charge on any atom is -0.313 e. The van der Waals surface area contributed by atoms with Gasteiger partial charge in [-0.2, -0.15) is 0 Å². The van der Waals surface area contributed by atoms with Gasteiger partial charge in [-0.05, 0) is 37.6 Å². The van der Waals surface area contributed by atoms with Gasteiger partial charge < -0.3 is 5.32 Å². The molecule has 1 aliphatic heterocycles. The van der Waals surface area contributed by atoms with Gasteiger partial charge in [-0.1, -0.05) is 23.3 Å². The van der Waals surface area contributed by atoms with E-state index in [9.17, 15) is 12.8 Å². The van der Waals surface area contributed by atoms with Gasteiger partial charge in [0.05, 0.1) is 5.02 Å². The molecule has 0 amide bonds. The third kappa shape index (κ3) is 4.02. The first kappa shape index (κ1) is 15.4. The molecule has 20 heavy (non-hydrogen) atoms. The minimum atomic E-state index is -3.78. The summed E-state index contributed by atoms with van der Waals surface area (Å²) in [5.74, 6) is -0.629. The summed E-state index contributed by atoms with van der Waals surface area (Å²) in [6.45, 7) is 2.01. The van der Waals surface area contributed by atoms with E-state index in [0.29, 0.717) is 6.42 Å². The number of benzene rings is 1. The number of rotatable bonds is 5. The Bertz CT molecular complexity index is 617. The highest BCUT2D eigenvalue weighted by Crippen LogP contribution is 2.22. The molecule has 110 valence electrons. The van der Waals surface area contributed by atoms with Crippen LogP contribution in [0.3, 0.4) is 0 Å². The highest BCUT2D eigenvalue weighted by atomic mass is 35.5. The fourth-order valence-corrected chi connectivity index (χ4v) is 3.54. The summed E-state index contributed by atoms with van der Waals surface area (Å²) < 4.78 is 39.7. The number of hydrogen-bond acceptors (Lipinski definition) is 3. The van der Waals surface area contributed by atoms with Crippen LogP contribution in [0.4, 0.5) is 4.39 Å². The van der Waals surface area contributed by atoms with Crippen LogP contribution < -0.4 is 10.0 Å². The summed E-state index contributed by atoms with van der Waals surface area (Å²) in [7, 11) is -3.78. The zero-order chi connectivity index (χ0) is 14.6. The van der Waals surface area contributed by atoms with Crippen LogP contribution in [0.1, 0.15) is 12.8 Å². The molecule has 2 N–H and O–H groups in total. The Hall–Kier alpha value is -0.950. The number of halogens is 2. The molecule has 0 saturated heterocycles. The Balaban J connectivity index is 2.00. The lowest BCUT2D eigenvalue weighted by atomic mass is 10.1. The van der Waals surface area contributed by atoms with Crippen molar-refractivity contribution in [3.63, 3.8) is 0 Å². The van der Waals surface area contributed by atoms with E-state index in [1.807, 2.05) is 0 Å². The molecule has 7 heteroatoms. The van der Waals surface area contributed by atoms with Crippen molar-refractivity contribution < 1.29 is 12.8 Å². The van der Waals surface area contributed by atoms with E-state index in [1.54, 1.807) is 0 Å². The van der Waals surface area contributed by atoms with Crippen molar-refractivity contribution in [1.29, 1.82) is 0 Å². The van der Waals surface area contributed by atoms with Gasteiger partial charge in [-0.25, -0.2) is 17.5 Å². The van der Waals surface area contributed by atoms with E-state index < -0.39 is 15.8 Å². The zero-order valence-corrected chi connectivity index (χ0v) is 12.4. The fourth-order valence-electron chi connectivity index (χ4n) is 2.00. The maximum absolute atomic E-state index is 13.1. The van der Waals surface area contributed by atoms with Gasteiger partial charge in [0, 0.05) is 13.1 Å². The Morgan fingerprint density at radius 3 is 2.90 bits per heavy atom. The van der Waals surface area contributed by atoms with Gasteiger partial charge in [-0.3, -0.25) is 0 Å². The molecular formula is C13H16ClFN2O2S. The van der Waals surface area contributed by atoms with Gasteiger partial charge in [0.2, 0.25) is 10.0 Å². The van der Waals surface area contributed by atoms with Crippen LogP contribution >= 0.6 is 11.6 Å². The fraction of sp³-hybridized carbons (Fsp3) is 0.385. The van der Waals surface area contributed by atoms with Crippen molar-refractivity contribution in [3.05, 3.63) is 40.7 Å². The first-order valence-electron chi connectivity index (χ1n) is 6.32. The first-order chi connectivity index (χ1) is 9.49. The molecule has 0 atom stereocenters. The molecule has 0 aliphatic carbocycles. The summed E-state index contributed by atoms with van der Waals surface area (Å²) in [4.78, 5) is -0.224. The van der Waals surface area contributed by atoms with Crippen molar-refractivity contribution in [2.24, 2.45) is 0 Å². The van der Waals surface area contributed by atoms with Crippen LogP contribution in [-0.4, -0.2) is 28.1 Å². The molecule has 0 aromatic heterocycles. The zero-order valence-electron chi connectivity index (χ0n) is 10.8. The second-order valence-corrected chi connectivity index (χ2v) is 6.68.